The van der Waals surface area contributed by atoms with Crippen molar-refractivity contribution in [2.75, 3.05) is 13.7 Å². The van der Waals surface area contributed by atoms with Crippen molar-refractivity contribution in [1.29, 1.82) is 0 Å². The molecule has 1 atom stereocenters. The highest BCUT2D eigenvalue weighted by atomic mass is 16.5. The fraction of sp³-hybridized carbons (Fsp3) is 0.625. The van der Waals surface area contributed by atoms with Gasteiger partial charge in [-0.3, -0.25) is 0 Å². The number of rotatable bonds is 5. The minimum absolute atomic E-state index is 0.313. The molecule has 100 valence electrons. The zero-order chi connectivity index (χ0) is 12.8. The van der Waals surface area contributed by atoms with Crippen LogP contribution in [0.5, 0.6) is 0 Å². The molecule has 0 aromatic heterocycles. The highest BCUT2D eigenvalue weighted by Crippen LogP contribution is 2.23. The van der Waals surface area contributed by atoms with Gasteiger partial charge in [-0.25, -0.2) is 0 Å². The van der Waals surface area contributed by atoms with Gasteiger partial charge in [-0.2, -0.15) is 0 Å². The largest absolute Gasteiger partial charge is 0.376 e. The molecule has 1 aromatic rings. The summed E-state index contributed by atoms with van der Waals surface area (Å²) in [6.45, 7) is 2.95. The molecule has 2 rings (SSSR count). The van der Waals surface area contributed by atoms with Crippen molar-refractivity contribution in [3.63, 3.8) is 0 Å². The molecule has 1 unspecified atom stereocenters. The normalized spacial score (nSPS) is 18.8. The van der Waals surface area contributed by atoms with Gasteiger partial charge in [0.2, 0.25) is 0 Å². The van der Waals surface area contributed by atoms with E-state index in [-0.39, 0.29) is 0 Å². The van der Waals surface area contributed by atoms with E-state index in [2.05, 4.69) is 36.5 Å². The van der Waals surface area contributed by atoms with E-state index >= 15 is 0 Å². The van der Waals surface area contributed by atoms with Crippen LogP contribution in [0.3, 0.4) is 0 Å². The Bertz CT molecular complexity index is 358. The monoisotopic (exact) mass is 247 g/mol. The summed E-state index contributed by atoms with van der Waals surface area (Å²) in [6, 6.07) is 8.87. The summed E-state index contributed by atoms with van der Waals surface area (Å²) in [4.78, 5) is 0. The fourth-order valence-electron chi connectivity index (χ4n) is 2.77. The lowest BCUT2D eigenvalue weighted by Gasteiger charge is -2.25. The number of aryl methyl sites for hydroxylation is 1. The SMILES string of the molecule is CNC(COC1CCCCC1)c1ccccc1C. The Labute approximate surface area is 111 Å². The van der Waals surface area contributed by atoms with Crippen LogP contribution < -0.4 is 5.32 Å². The van der Waals surface area contributed by atoms with Gasteiger partial charge in [0.05, 0.1) is 18.8 Å². The molecule has 0 heterocycles. The first-order chi connectivity index (χ1) is 8.81. The predicted octanol–water partition coefficient (Wildman–Crippen LogP) is 3.60. The molecule has 0 radical (unpaired) electrons. The molecule has 0 amide bonds. The summed E-state index contributed by atoms with van der Waals surface area (Å²) >= 11 is 0. The molecule has 1 N–H and O–H groups in total. The molecule has 18 heavy (non-hydrogen) atoms. The average Bonchev–Trinajstić information content (AvgIpc) is 2.42. The maximum absolute atomic E-state index is 6.08. The second-order valence-electron chi connectivity index (χ2n) is 5.29. The molecule has 1 fully saturated rings. The van der Waals surface area contributed by atoms with Crippen LogP contribution in [-0.4, -0.2) is 19.8 Å². The van der Waals surface area contributed by atoms with E-state index in [9.17, 15) is 0 Å². The summed E-state index contributed by atoms with van der Waals surface area (Å²) in [5.41, 5.74) is 2.69. The van der Waals surface area contributed by atoms with E-state index < -0.39 is 0 Å². The summed E-state index contributed by atoms with van der Waals surface area (Å²) < 4.78 is 6.08. The number of hydrogen-bond donors (Lipinski definition) is 1. The lowest BCUT2D eigenvalue weighted by Crippen LogP contribution is -2.26. The van der Waals surface area contributed by atoms with Crippen molar-refractivity contribution in [1.82, 2.24) is 5.32 Å². The molecule has 2 nitrogen and oxygen atoms in total. The van der Waals surface area contributed by atoms with Crippen LogP contribution in [-0.2, 0) is 4.74 Å². The van der Waals surface area contributed by atoms with Crippen LogP contribution in [0.25, 0.3) is 0 Å². The van der Waals surface area contributed by atoms with Crippen molar-refractivity contribution >= 4 is 0 Å². The molecule has 0 bridgehead atoms. The van der Waals surface area contributed by atoms with Crippen LogP contribution >= 0.6 is 0 Å². The first-order valence-corrected chi connectivity index (χ1v) is 7.15. The minimum Gasteiger partial charge on any atom is -0.376 e. The lowest BCUT2D eigenvalue weighted by atomic mass is 9.97. The standard InChI is InChI=1S/C16H25NO/c1-13-8-6-7-11-15(13)16(17-2)12-18-14-9-4-3-5-10-14/h6-8,11,14,16-17H,3-5,9-10,12H2,1-2H3. The van der Waals surface area contributed by atoms with Crippen molar-refractivity contribution in [2.45, 2.75) is 51.2 Å². The molecule has 0 spiro atoms. The van der Waals surface area contributed by atoms with Crippen molar-refractivity contribution in [3.8, 4) is 0 Å². The van der Waals surface area contributed by atoms with E-state index in [0.717, 1.165) is 6.61 Å². The number of ether oxygens (including phenoxy) is 1. The van der Waals surface area contributed by atoms with Crippen molar-refractivity contribution < 1.29 is 4.74 Å². The van der Waals surface area contributed by atoms with Gasteiger partial charge in [0.15, 0.2) is 0 Å². The van der Waals surface area contributed by atoms with Gasteiger partial charge in [0.25, 0.3) is 0 Å². The predicted molar refractivity (Wildman–Crippen MR) is 75.8 cm³/mol. The van der Waals surface area contributed by atoms with Crippen LogP contribution in [0, 0.1) is 6.92 Å². The Morgan fingerprint density at radius 2 is 1.94 bits per heavy atom. The van der Waals surface area contributed by atoms with Crippen LogP contribution in [0.2, 0.25) is 0 Å². The Morgan fingerprint density at radius 1 is 1.22 bits per heavy atom. The second-order valence-corrected chi connectivity index (χ2v) is 5.29. The molecule has 1 aliphatic carbocycles. The van der Waals surface area contributed by atoms with Crippen LogP contribution in [0.1, 0.15) is 49.3 Å². The van der Waals surface area contributed by atoms with Gasteiger partial charge < -0.3 is 10.1 Å². The van der Waals surface area contributed by atoms with Gasteiger partial charge in [-0.1, -0.05) is 43.5 Å². The topological polar surface area (TPSA) is 21.3 Å². The Hall–Kier alpha value is -0.860. The summed E-state index contributed by atoms with van der Waals surface area (Å²) in [6.07, 6.45) is 7.01. The van der Waals surface area contributed by atoms with Gasteiger partial charge in [-0.05, 0) is 37.9 Å². The minimum atomic E-state index is 0.313. The van der Waals surface area contributed by atoms with E-state index in [1.54, 1.807) is 0 Å². The molecular formula is C16H25NO. The molecule has 2 heteroatoms. The number of hydrogen-bond acceptors (Lipinski definition) is 2. The van der Waals surface area contributed by atoms with Crippen LogP contribution in [0.15, 0.2) is 24.3 Å². The van der Waals surface area contributed by atoms with Gasteiger partial charge in [0, 0.05) is 0 Å². The zero-order valence-corrected chi connectivity index (χ0v) is 11.6. The van der Waals surface area contributed by atoms with E-state index in [0.29, 0.717) is 12.1 Å². The number of benzene rings is 1. The summed E-state index contributed by atoms with van der Waals surface area (Å²) in [5, 5.41) is 3.37. The highest BCUT2D eigenvalue weighted by molar-refractivity contribution is 5.28. The highest BCUT2D eigenvalue weighted by Gasteiger charge is 2.17. The van der Waals surface area contributed by atoms with Gasteiger partial charge >= 0.3 is 0 Å². The van der Waals surface area contributed by atoms with E-state index in [4.69, 9.17) is 4.74 Å². The molecule has 1 aromatic carbocycles. The molecule has 0 saturated heterocycles. The van der Waals surface area contributed by atoms with Gasteiger partial charge in [0.1, 0.15) is 0 Å². The molecule has 0 aliphatic heterocycles. The third kappa shape index (κ3) is 3.56. The van der Waals surface area contributed by atoms with E-state index in [1.165, 1.54) is 43.2 Å². The number of nitrogens with one attached hydrogen (secondary N) is 1. The third-order valence-electron chi connectivity index (χ3n) is 3.96. The summed E-state index contributed by atoms with van der Waals surface area (Å²) in [7, 11) is 2.02. The van der Waals surface area contributed by atoms with Crippen molar-refractivity contribution in [3.05, 3.63) is 35.4 Å². The first kappa shape index (κ1) is 13.6. The molecular weight excluding hydrogens is 222 g/mol. The lowest BCUT2D eigenvalue weighted by molar-refractivity contribution is 0.0165. The van der Waals surface area contributed by atoms with Gasteiger partial charge in [-0.15, -0.1) is 0 Å². The average molecular weight is 247 g/mol. The first-order valence-electron chi connectivity index (χ1n) is 7.15. The van der Waals surface area contributed by atoms with Crippen LogP contribution in [0.4, 0.5) is 0 Å². The van der Waals surface area contributed by atoms with Crippen molar-refractivity contribution in [2.24, 2.45) is 0 Å². The van der Waals surface area contributed by atoms with E-state index in [1.807, 2.05) is 7.05 Å². The second kappa shape index (κ2) is 6.91. The molecule has 1 aliphatic rings. The zero-order valence-electron chi connectivity index (χ0n) is 11.6. The Kier molecular flexibility index (Phi) is 5.21. The Morgan fingerprint density at radius 3 is 2.61 bits per heavy atom. The summed E-state index contributed by atoms with van der Waals surface area (Å²) in [5.74, 6) is 0. The third-order valence-corrected chi connectivity index (χ3v) is 3.96. The Balaban J connectivity index is 1.91. The maximum atomic E-state index is 6.08. The smallest absolute Gasteiger partial charge is 0.0665 e. The maximum Gasteiger partial charge on any atom is 0.0665 e. The number of likely N-dealkylation sites (N-methyl/N-ethyl adjacent to an activating group) is 1. The molecule has 1 saturated carbocycles. The quantitative estimate of drug-likeness (QED) is 0.858. The fourth-order valence-corrected chi connectivity index (χ4v) is 2.77.